The first-order chi connectivity index (χ1) is 7.91. The Morgan fingerprint density at radius 3 is 2.71 bits per heavy atom. The predicted molar refractivity (Wildman–Crippen MR) is 51.1 cm³/mol. The van der Waals surface area contributed by atoms with Gasteiger partial charge in [0, 0.05) is 19.1 Å². The zero-order chi connectivity index (χ0) is 12.6. The molecule has 1 unspecified atom stereocenters. The van der Waals surface area contributed by atoms with Crippen LogP contribution in [0.2, 0.25) is 0 Å². The number of anilines is 1. The maximum atomic E-state index is 12.9. The molecule has 0 bridgehead atoms. The van der Waals surface area contributed by atoms with Gasteiger partial charge in [0.1, 0.15) is 0 Å². The molecular formula is C8H11F4N5. The van der Waals surface area contributed by atoms with E-state index in [-0.39, 0.29) is 12.0 Å². The summed E-state index contributed by atoms with van der Waals surface area (Å²) >= 11 is 0. The van der Waals surface area contributed by atoms with Gasteiger partial charge in [-0.1, -0.05) is 0 Å². The molecule has 1 aromatic rings. The van der Waals surface area contributed by atoms with E-state index in [2.05, 4.69) is 10.1 Å². The fourth-order valence-corrected chi connectivity index (χ4v) is 1.62. The van der Waals surface area contributed by atoms with E-state index in [0.717, 1.165) is 0 Å². The normalized spacial score (nSPS) is 21.5. The van der Waals surface area contributed by atoms with Crippen LogP contribution in [0, 0.1) is 0 Å². The number of nitrogens with zero attached hydrogens (tertiary/aromatic N) is 3. The van der Waals surface area contributed by atoms with Crippen LogP contribution in [0.25, 0.3) is 0 Å². The lowest BCUT2D eigenvalue weighted by molar-refractivity contribution is -0.140. The van der Waals surface area contributed by atoms with Gasteiger partial charge in [-0.25, -0.2) is 8.78 Å². The van der Waals surface area contributed by atoms with Crippen molar-refractivity contribution >= 4 is 5.95 Å². The molecule has 3 N–H and O–H groups in total. The fraction of sp³-hybridized carbons (Fsp3) is 0.750. The van der Waals surface area contributed by atoms with Gasteiger partial charge in [0.15, 0.2) is 0 Å². The summed E-state index contributed by atoms with van der Waals surface area (Å²) in [5, 5.41) is 5.35. The Balaban J connectivity index is 2.16. The van der Waals surface area contributed by atoms with Gasteiger partial charge in [-0.05, 0) is 6.42 Å². The zero-order valence-electron chi connectivity index (χ0n) is 8.71. The molecule has 2 heterocycles. The van der Waals surface area contributed by atoms with Crippen LogP contribution >= 0.6 is 0 Å². The standard InChI is InChI=1S/C8H11F4N5/c9-5(10)8(11,12)6-14-7(16-15-6)17-2-1-4(13)3-17/h4-5H,1-3,13H2,(H,14,15,16). The highest BCUT2D eigenvalue weighted by Gasteiger charge is 2.46. The lowest BCUT2D eigenvalue weighted by atomic mass is 10.3. The van der Waals surface area contributed by atoms with Crippen LogP contribution in [0.4, 0.5) is 23.5 Å². The third-order valence-corrected chi connectivity index (χ3v) is 2.57. The number of nitrogens with two attached hydrogens (primary N) is 1. The van der Waals surface area contributed by atoms with Gasteiger partial charge in [-0.15, -0.1) is 5.10 Å². The van der Waals surface area contributed by atoms with Gasteiger partial charge in [0.25, 0.3) is 0 Å². The first kappa shape index (κ1) is 12.1. The minimum atomic E-state index is -4.31. The Bertz CT molecular complexity index is 393. The summed E-state index contributed by atoms with van der Waals surface area (Å²) in [4.78, 5) is 4.97. The lowest BCUT2D eigenvalue weighted by Crippen LogP contribution is -2.27. The van der Waals surface area contributed by atoms with E-state index < -0.39 is 18.2 Å². The van der Waals surface area contributed by atoms with E-state index in [1.807, 2.05) is 5.10 Å². The van der Waals surface area contributed by atoms with Crippen molar-refractivity contribution in [1.29, 1.82) is 0 Å². The zero-order valence-corrected chi connectivity index (χ0v) is 8.71. The molecule has 1 fully saturated rings. The quantitative estimate of drug-likeness (QED) is 0.778. The van der Waals surface area contributed by atoms with Crippen molar-refractivity contribution in [2.75, 3.05) is 18.0 Å². The molecule has 5 nitrogen and oxygen atoms in total. The molecule has 0 saturated carbocycles. The molecule has 0 amide bonds. The molecule has 0 spiro atoms. The predicted octanol–water partition coefficient (Wildman–Crippen LogP) is 0.699. The average molecular weight is 253 g/mol. The molecule has 96 valence electrons. The molecule has 2 rings (SSSR count). The number of aromatic nitrogens is 3. The summed E-state index contributed by atoms with van der Waals surface area (Å²) in [7, 11) is 0. The lowest BCUT2D eigenvalue weighted by Gasteiger charge is -2.13. The minimum Gasteiger partial charge on any atom is -0.338 e. The Hall–Kier alpha value is -1.38. The Kier molecular flexibility index (Phi) is 2.94. The van der Waals surface area contributed by atoms with Gasteiger partial charge in [0.05, 0.1) is 0 Å². The number of halogens is 4. The van der Waals surface area contributed by atoms with Crippen LogP contribution in [0.1, 0.15) is 12.2 Å². The van der Waals surface area contributed by atoms with Gasteiger partial charge < -0.3 is 10.6 Å². The van der Waals surface area contributed by atoms with Gasteiger partial charge in [0.2, 0.25) is 11.8 Å². The molecule has 9 heteroatoms. The largest absolute Gasteiger partial charge is 0.365 e. The minimum absolute atomic E-state index is 0.0201. The van der Waals surface area contributed by atoms with Crippen LogP contribution in [0.3, 0.4) is 0 Å². The molecule has 1 aliphatic heterocycles. The molecule has 17 heavy (non-hydrogen) atoms. The van der Waals surface area contributed by atoms with Gasteiger partial charge in [-0.2, -0.15) is 13.8 Å². The van der Waals surface area contributed by atoms with Gasteiger partial charge >= 0.3 is 12.3 Å². The third kappa shape index (κ3) is 2.19. The molecule has 1 saturated heterocycles. The molecule has 0 radical (unpaired) electrons. The summed E-state index contributed by atoms with van der Waals surface area (Å²) in [5.41, 5.74) is 5.63. The number of nitrogens with one attached hydrogen (secondary N) is 1. The molecule has 0 aliphatic carbocycles. The van der Waals surface area contributed by atoms with Crippen molar-refractivity contribution in [1.82, 2.24) is 15.2 Å². The highest BCUT2D eigenvalue weighted by molar-refractivity contribution is 5.31. The Morgan fingerprint density at radius 1 is 1.47 bits per heavy atom. The monoisotopic (exact) mass is 253 g/mol. The summed E-state index contributed by atoms with van der Waals surface area (Å²) in [6, 6.07) is -0.0763. The number of hydrogen-bond acceptors (Lipinski definition) is 4. The third-order valence-electron chi connectivity index (χ3n) is 2.57. The SMILES string of the molecule is NC1CCN(c2n[nH]c(C(F)(F)C(F)F)n2)C1. The van der Waals surface area contributed by atoms with E-state index in [1.54, 1.807) is 4.90 Å². The second-order valence-electron chi connectivity index (χ2n) is 3.90. The first-order valence-corrected chi connectivity index (χ1v) is 5.00. The number of alkyl halides is 4. The van der Waals surface area contributed by atoms with Crippen molar-refractivity contribution in [2.45, 2.75) is 24.8 Å². The summed E-state index contributed by atoms with van der Waals surface area (Å²) in [6.45, 7) is 0.955. The van der Waals surface area contributed by atoms with Crippen LogP contribution < -0.4 is 10.6 Å². The Morgan fingerprint density at radius 2 is 2.18 bits per heavy atom. The van der Waals surface area contributed by atoms with E-state index in [0.29, 0.717) is 19.5 Å². The smallest absolute Gasteiger partial charge is 0.338 e. The fourth-order valence-electron chi connectivity index (χ4n) is 1.62. The van der Waals surface area contributed by atoms with E-state index in [1.165, 1.54) is 0 Å². The molecule has 1 aliphatic rings. The topological polar surface area (TPSA) is 70.8 Å². The molecular weight excluding hydrogens is 242 g/mol. The first-order valence-electron chi connectivity index (χ1n) is 5.00. The average Bonchev–Trinajstić information content (AvgIpc) is 2.85. The number of aromatic amines is 1. The summed E-state index contributed by atoms with van der Waals surface area (Å²) in [5.74, 6) is -5.45. The molecule has 1 aromatic heterocycles. The van der Waals surface area contributed by atoms with Crippen LogP contribution in [0.15, 0.2) is 0 Å². The number of rotatable bonds is 3. The Labute approximate surface area is 94.0 Å². The van der Waals surface area contributed by atoms with E-state index in [9.17, 15) is 17.6 Å². The number of hydrogen-bond donors (Lipinski definition) is 2. The van der Waals surface area contributed by atoms with Crippen molar-refractivity contribution in [3.05, 3.63) is 5.82 Å². The maximum Gasteiger partial charge on any atom is 0.365 e. The van der Waals surface area contributed by atoms with Crippen molar-refractivity contribution in [2.24, 2.45) is 5.73 Å². The van der Waals surface area contributed by atoms with E-state index >= 15 is 0 Å². The van der Waals surface area contributed by atoms with Gasteiger partial charge in [-0.3, -0.25) is 5.10 Å². The maximum absolute atomic E-state index is 12.9. The van der Waals surface area contributed by atoms with Crippen molar-refractivity contribution < 1.29 is 17.6 Å². The van der Waals surface area contributed by atoms with Crippen molar-refractivity contribution in [3.63, 3.8) is 0 Å². The molecule has 0 aromatic carbocycles. The second-order valence-corrected chi connectivity index (χ2v) is 3.90. The summed E-state index contributed by atoms with van der Waals surface area (Å²) < 4.78 is 50.0. The van der Waals surface area contributed by atoms with Crippen LogP contribution in [-0.4, -0.2) is 40.7 Å². The molecule has 1 atom stereocenters. The van der Waals surface area contributed by atoms with Crippen molar-refractivity contribution in [3.8, 4) is 0 Å². The van der Waals surface area contributed by atoms with Crippen LogP contribution in [0.5, 0.6) is 0 Å². The second kappa shape index (κ2) is 4.13. The highest BCUT2D eigenvalue weighted by atomic mass is 19.3. The highest BCUT2D eigenvalue weighted by Crippen LogP contribution is 2.32. The summed E-state index contributed by atoms with van der Waals surface area (Å²) in [6.07, 6.45) is -3.13. The van der Waals surface area contributed by atoms with E-state index in [4.69, 9.17) is 5.73 Å². The number of H-pyrrole nitrogens is 1. The van der Waals surface area contributed by atoms with Crippen LogP contribution in [-0.2, 0) is 5.92 Å².